The van der Waals surface area contributed by atoms with Crippen LogP contribution in [-0.4, -0.2) is 31.7 Å². The van der Waals surface area contributed by atoms with Crippen LogP contribution in [0.25, 0.3) is 0 Å². The molecule has 0 saturated carbocycles. The Morgan fingerprint density at radius 3 is 3.09 bits per heavy atom. The number of hydrogen-bond donors (Lipinski definition) is 3. The molecule has 4 heteroatoms. The highest BCUT2D eigenvalue weighted by Crippen LogP contribution is 1.95. The van der Waals surface area contributed by atoms with Crippen molar-refractivity contribution in [3.8, 4) is 0 Å². The molecule has 0 aromatic rings. The molecule has 4 nitrogen and oxygen atoms in total. The number of rotatable bonds is 2. The van der Waals surface area contributed by atoms with Crippen molar-refractivity contribution in [2.24, 2.45) is 0 Å². The van der Waals surface area contributed by atoms with E-state index in [1.807, 2.05) is 6.92 Å². The van der Waals surface area contributed by atoms with Gasteiger partial charge in [0.15, 0.2) is 0 Å². The Hall–Kier alpha value is -0.770. The summed E-state index contributed by atoms with van der Waals surface area (Å²) < 4.78 is 0. The van der Waals surface area contributed by atoms with Crippen molar-refractivity contribution in [1.29, 1.82) is 0 Å². The average Bonchev–Trinajstić information content (AvgIpc) is 2.40. The Morgan fingerprint density at radius 2 is 2.55 bits per heavy atom. The minimum absolute atomic E-state index is 0.0544. The fourth-order valence-corrected chi connectivity index (χ4v) is 1.17. The maximum Gasteiger partial charge on any atom is 0.315 e. The molecule has 11 heavy (non-hydrogen) atoms. The molecule has 2 amide bonds. The Bertz CT molecular complexity index is 132. The van der Waals surface area contributed by atoms with Gasteiger partial charge in [-0.2, -0.15) is 0 Å². The molecule has 0 spiro atoms. The summed E-state index contributed by atoms with van der Waals surface area (Å²) in [5.74, 6) is 0. The topological polar surface area (TPSA) is 53.2 Å². The van der Waals surface area contributed by atoms with Crippen molar-refractivity contribution in [3.05, 3.63) is 0 Å². The van der Waals surface area contributed by atoms with Crippen LogP contribution in [-0.2, 0) is 0 Å². The molecule has 1 saturated heterocycles. The summed E-state index contributed by atoms with van der Waals surface area (Å²) in [6, 6.07) is 0.266. The van der Waals surface area contributed by atoms with Crippen molar-refractivity contribution in [2.75, 3.05) is 19.6 Å². The van der Waals surface area contributed by atoms with Gasteiger partial charge in [0.2, 0.25) is 0 Å². The lowest BCUT2D eigenvalue weighted by Crippen LogP contribution is -2.42. The molecule has 1 unspecified atom stereocenters. The third-order valence-electron chi connectivity index (χ3n) is 1.73. The largest absolute Gasteiger partial charge is 0.338 e. The van der Waals surface area contributed by atoms with E-state index < -0.39 is 0 Å². The summed E-state index contributed by atoms with van der Waals surface area (Å²) in [6.45, 7) is 4.51. The number of carbonyl (C=O) groups is 1. The first-order valence-electron chi connectivity index (χ1n) is 4.08. The van der Waals surface area contributed by atoms with Crippen LogP contribution in [0.4, 0.5) is 4.79 Å². The van der Waals surface area contributed by atoms with Crippen LogP contribution in [0.5, 0.6) is 0 Å². The van der Waals surface area contributed by atoms with Gasteiger partial charge >= 0.3 is 6.03 Å². The zero-order valence-corrected chi connectivity index (χ0v) is 6.81. The van der Waals surface area contributed by atoms with Crippen molar-refractivity contribution >= 4 is 6.03 Å². The molecule has 0 aromatic heterocycles. The smallest absolute Gasteiger partial charge is 0.315 e. The third-order valence-corrected chi connectivity index (χ3v) is 1.73. The summed E-state index contributed by atoms with van der Waals surface area (Å²) in [5, 5.41) is 8.74. The molecule has 0 aromatic carbocycles. The number of amides is 2. The Labute approximate surface area is 66.7 Å². The Morgan fingerprint density at radius 1 is 1.73 bits per heavy atom. The van der Waals surface area contributed by atoms with E-state index >= 15 is 0 Å². The molecule has 64 valence electrons. The molecular weight excluding hydrogens is 142 g/mol. The highest BCUT2D eigenvalue weighted by molar-refractivity contribution is 5.74. The zero-order chi connectivity index (χ0) is 8.10. The zero-order valence-electron chi connectivity index (χ0n) is 6.81. The maximum atomic E-state index is 10.9. The van der Waals surface area contributed by atoms with Crippen LogP contribution in [0.15, 0.2) is 0 Å². The first kappa shape index (κ1) is 8.33. The van der Waals surface area contributed by atoms with E-state index in [1.165, 1.54) is 0 Å². The number of urea groups is 1. The molecule has 1 aliphatic rings. The Balaban J connectivity index is 2.13. The minimum atomic E-state index is -0.0544. The van der Waals surface area contributed by atoms with E-state index in [-0.39, 0.29) is 6.03 Å². The van der Waals surface area contributed by atoms with E-state index in [2.05, 4.69) is 16.0 Å². The highest BCUT2D eigenvalue weighted by atomic mass is 16.2. The second-order valence-corrected chi connectivity index (χ2v) is 2.69. The molecule has 3 N–H and O–H groups in total. The lowest BCUT2D eigenvalue weighted by atomic mass is 10.3. The van der Waals surface area contributed by atoms with Gasteiger partial charge in [0, 0.05) is 19.1 Å². The quantitative estimate of drug-likeness (QED) is 0.514. The lowest BCUT2D eigenvalue weighted by Gasteiger charge is -2.10. The van der Waals surface area contributed by atoms with E-state index in [0.29, 0.717) is 12.6 Å². The van der Waals surface area contributed by atoms with Gasteiger partial charge in [-0.3, -0.25) is 0 Å². The van der Waals surface area contributed by atoms with E-state index in [0.717, 1.165) is 19.5 Å². The molecule has 1 fully saturated rings. The SMILES string of the molecule is CCNC(=O)NC1CCNC1. The molecule has 1 aliphatic heterocycles. The summed E-state index contributed by atoms with van der Waals surface area (Å²) in [5.41, 5.74) is 0. The monoisotopic (exact) mass is 157 g/mol. The van der Waals surface area contributed by atoms with E-state index in [9.17, 15) is 4.79 Å². The van der Waals surface area contributed by atoms with E-state index in [4.69, 9.17) is 0 Å². The van der Waals surface area contributed by atoms with Gasteiger partial charge in [0.25, 0.3) is 0 Å². The summed E-state index contributed by atoms with van der Waals surface area (Å²) >= 11 is 0. The van der Waals surface area contributed by atoms with Gasteiger partial charge in [-0.05, 0) is 19.9 Å². The first-order valence-corrected chi connectivity index (χ1v) is 4.08. The van der Waals surface area contributed by atoms with Crippen LogP contribution in [0.2, 0.25) is 0 Å². The van der Waals surface area contributed by atoms with Gasteiger partial charge < -0.3 is 16.0 Å². The predicted molar refractivity (Wildman–Crippen MR) is 43.5 cm³/mol. The van der Waals surface area contributed by atoms with Gasteiger partial charge in [-0.25, -0.2) is 4.79 Å². The molecule has 1 atom stereocenters. The van der Waals surface area contributed by atoms with Crippen molar-refractivity contribution in [3.63, 3.8) is 0 Å². The second kappa shape index (κ2) is 4.18. The number of carbonyl (C=O) groups excluding carboxylic acids is 1. The first-order chi connectivity index (χ1) is 5.33. The van der Waals surface area contributed by atoms with Crippen molar-refractivity contribution in [2.45, 2.75) is 19.4 Å². The predicted octanol–water partition coefficient (Wildman–Crippen LogP) is -0.333. The van der Waals surface area contributed by atoms with Crippen molar-refractivity contribution < 1.29 is 4.79 Å². The molecule has 1 heterocycles. The average molecular weight is 157 g/mol. The minimum Gasteiger partial charge on any atom is -0.338 e. The number of nitrogens with one attached hydrogen (secondary N) is 3. The molecule has 1 rings (SSSR count). The van der Waals surface area contributed by atoms with Crippen LogP contribution < -0.4 is 16.0 Å². The molecule has 0 radical (unpaired) electrons. The number of hydrogen-bond acceptors (Lipinski definition) is 2. The van der Waals surface area contributed by atoms with Gasteiger partial charge in [-0.15, -0.1) is 0 Å². The molecular formula is C7H15N3O. The van der Waals surface area contributed by atoms with Gasteiger partial charge in [0.05, 0.1) is 0 Å². The third kappa shape index (κ3) is 2.76. The van der Waals surface area contributed by atoms with Gasteiger partial charge in [0.1, 0.15) is 0 Å². The van der Waals surface area contributed by atoms with Crippen LogP contribution in [0.3, 0.4) is 0 Å². The van der Waals surface area contributed by atoms with Gasteiger partial charge in [-0.1, -0.05) is 0 Å². The highest BCUT2D eigenvalue weighted by Gasteiger charge is 2.15. The fraction of sp³-hybridized carbons (Fsp3) is 0.857. The normalized spacial score (nSPS) is 23.2. The summed E-state index contributed by atoms with van der Waals surface area (Å²) in [4.78, 5) is 10.9. The standard InChI is InChI=1S/C7H15N3O/c1-2-9-7(11)10-6-3-4-8-5-6/h6,8H,2-5H2,1H3,(H2,9,10,11). The Kier molecular flexibility index (Phi) is 3.16. The van der Waals surface area contributed by atoms with Crippen LogP contribution in [0.1, 0.15) is 13.3 Å². The fourth-order valence-electron chi connectivity index (χ4n) is 1.17. The summed E-state index contributed by atoms with van der Waals surface area (Å²) in [7, 11) is 0. The van der Waals surface area contributed by atoms with Crippen LogP contribution >= 0.6 is 0 Å². The van der Waals surface area contributed by atoms with Crippen LogP contribution in [0, 0.1) is 0 Å². The van der Waals surface area contributed by atoms with Crippen molar-refractivity contribution in [1.82, 2.24) is 16.0 Å². The lowest BCUT2D eigenvalue weighted by molar-refractivity contribution is 0.238. The molecule has 0 bridgehead atoms. The maximum absolute atomic E-state index is 10.9. The van der Waals surface area contributed by atoms with E-state index in [1.54, 1.807) is 0 Å². The second-order valence-electron chi connectivity index (χ2n) is 2.69. The summed E-state index contributed by atoms with van der Waals surface area (Å²) in [6.07, 6.45) is 1.04. The molecule has 0 aliphatic carbocycles.